The van der Waals surface area contributed by atoms with Crippen LogP contribution < -0.4 is 4.74 Å². The van der Waals surface area contributed by atoms with E-state index in [0.29, 0.717) is 22.2 Å². The smallest absolute Gasteiger partial charge is 0.358 e. The van der Waals surface area contributed by atoms with Gasteiger partial charge in [0.15, 0.2) is 5.69 Å². The van der Waals surface area contributed by atoms with Gasteiger partial charge in [0.05, 0.1) is 12.8 Å². The summed E-state index contributed by atoms with van der Waals surface area (Å²) < 4.78 is 6.72. The number of methoxy groups -OCH3 is 1. The van der Waals surface area contributed by atoms with Crippen molar-refractivity contribution < 1.29 is 14.6 Å². The van der Waals surface area contributed by atoms with Crippen LogP contribution >= 0.6 is 11.6 Å². The van der Waals surface area contributed by atoms with Crippen LogP contribution in [0.5, 0.6) is 5.75 Å². The maximum absolute atomic E-state index is 11.2. The first kappa shape index (κ1) is 14.3. The molecule has 1 aromatic carbocycles. The molecule has 0 saturated carbocycles. The molecule has 0 aliphatic carbocycles. The van der Waals surface area contributed by atoms with Crippen molar-refractivity contribution in [3.05, 3.63) is 34.6 Å². The number of nitrogens with zero attached hydrogens (tertiary/aromatic N) is 3. The highest BCUT2D eigenvalue weighted by atomic mass is 35.5. The van der Waals surface area contributed by atoms with Crippen LogP contribution in [0.1, 0.15) is 35.9 Å². The lowest BCUT2D eigenvalue weighted by molar-refractivity contribution is 0.0688. The first-order valence-electron chi connectivity index (χ1n) is 5.98. The summed E-state index contributed by atoms with van der Waals surface area (Å²) in [6, 6.07) is 5.05. The van der Waals surface area contributed by atoms with Crippen molar-refractivity contribution in [3.63, 3.8) is 0 Å². The molecule has 106 valence electrons. The predicted octanol–water partition coefficient (Wildman–Crippen LogP) is 2.75. The average Bonchev–Trinajstić information content (AvgIpc) is 2.83. The van der Waals surface area contributed by atoms with E-state index in [2.05, 4.69) is 10.3 Å². The molecule has 0 unspecified atom stereocenters. The zero-order chi connectivity index (χ0) is 14.9. The molecule has 0 aliphatic heterocycles. The van der Waals surface area contributed by atoms with Gasteiger partial charge in [-0.1, -0.05) is 30.7 Å². The third kappa shape index (κ3) is 2.46. The Balaban J connectivity index is 2.70. The van der Waals surface area contributed by atoms with Crippen LogP contribution in [-0.4, -0.2) is 33.2 Å². The normalized spacial score (nSPS) is 10.8. The van der Waals surface area contributed by atoms with Crippen LogP contribution in [0.2, 0.25) is 5.02 Å². The minimum absolute atomic E-state index is 0.0676. The average molecular weight is 296 g/mol. The van der Waals surface area contributed by atoms with Gasteiger partial charge in [0.1, 0.15) is 11.4 Å². The largest absolute Gasteiger partial charge is 0.494 e. The fourth-order valence-corrected chi connectivity index (χ4v) is 2.13. The quantitative estimate of drug-likeness (QED) is 0.938. The summed E-state index contributed by atoms with van der Waals surface area (Å²) in [5.41, 5.74) is 0.990. The van der Waals surface area contributed by atoms with Crippen molar-refractivity contribution >= 4 is 17.6 Å². The number of aromatic carboxylic acids is 1. The molecule has 1 N–H and O–H groups in total. The zero-order valence-electron chi connectivity index (χ0n) is 11.3. The van der Waals surface area contributed by atoms with Gasteiger partial charge >= 0.3 is 5.97 Å². The van der Waals surface area contributed by atoms with E-state index in [9.17, 15) is 9.90 Å². The van der Waals surface area contributed by atoms with Crippen LogP contribution in [0.25, 0.3) is 5.69 Å². The van der Waals surface area contributed by atoms with Gasteiger partial charge in [-0.3, -0.25) is 0 Å². The lowest BCUT2D eigenvalue weighted by Gasteiger charge is -2.13. The van der Waals surface area contributed by atoms with Gasteiger partial charge in [0.2, 0.25) is 0 Å². The second-order valence-corrected chi connectivity index (χ2v) is 4.95. The molecule has 1 aromatic heterocycles. The van der Waals surface area contributed by atoms with E-state index >= 15 is 0 Å². The number of carboxylic acids is 1. The fraction of sp³-hybridized carbons (Fsp3) is 0.308. The number of ether oxygens (including phenoxy) is 1. The Labute approximate surface area is 120 Å². The number of rotatable bonds is 4. The molecule has 0 fully saturated rings. The van der Waals surface area contributed by atoms with Crippen molar-refractivity contribution in [1.29, 1.82) is 0 Å². The van der Waals surface area contributed by atoms with Gasteiger partial charge in [0, 0.05) is 5.02 Å². The summed E-state index contributed by atoms with van der Waals surface area (Å²) in [7, 11) is 1.52. The molecular weight excluding hydrogens is 282 g/mol. The van der Waals surface area contributed by atoms with E-state index < -0.39 is 5.97 Å². The Morgan fingerprint density at radius 1 is 1.45 bits per heavy atom. The molecule has 0 aliphatic rings. The number of halogens is 1. The molecule has 2 rings (SSSR count). The van der Waals surface area contributed by atoms with Gasteiger partial charge in [-0.05, 0) is 24.1 Å². The van der Waals surface area contributed by atoms with E-state index in [1.807, 2.05) is 13.8 Å². The maximum atomic E-state index is 11.2. The molecule has 1 heterocycles. The Morgan fingerprint density at radius 2 is 2.15 bits per heavy atom. The molecule has 6 nitrogen and oxygen atoms in total. The summed E-state index contributed by atoms with van der Waals surface area (Å²) in [6.07, 6.45) is 0. The third-order valence-electron chi connectivity index (χ3n) is 2.82. The van der Waals surface area contributed by atoms with Crippen molar-refractivity contribution in [2.75, 3.05) is 7.11 Å². The van der Waals surface area contributed by atoms with E-state index in [1.54, 1.807) is 18.2 Å². The fourth-order valence-electron chi connectivity index (χ4n) is 1.97. The monoisotopic (exact) mass is 295 g/mol. The summed E-state index contributed by atoms with van der Waals surface area (Å²) in [5.74, 6) is -0.640. The van der Waals surface area contributed by atoms with E-state index in [4.69, 9.17) is 16.3 Å². The Bertz CT molecular complexity index is 652. The molecule has 2 aromatic rings. The molecule has 20 heavy (non-hydrogen) atoms. The van der Waals surface area contributed by atoms with Crippen LogP contribution in [0.4, 0.5) is 0 Å². The summed E-state index contributed by atoms with van der Waals surface area (Å²) in [6.45, 7) is 3.75. The van der Waals surface area contributed by atoms with E-state index in [-0.39, 0.29) is 11.6 Å². The van der Waals surface area contributed by atoms with Crippen molar-refractivity contribution in [3.8, 4) is 11.4 Å². The van der Waals surface area contributed by atoms with Crippen LogP contribution in [0.15, 0.2) is 18.2 Å². The number of aromatic nitrogens is 3. The first-order chi connectivity index (χ1) is 9.45. The minimum Gasteiger partial charge on any atom is -0.494 e. The number of carboxylic acid groups (broad SMARTS) is 1. The van der Waals surface area contributed by atoms with Crippen molar-refractivity contribution in [2.24, 2.45) is 0 Å². The zero-order valence-corrected chi connectivity index (χ0v) is 12.0. The minimum atomic E-state index is -1.11. The van der Waals surface area contributed by atoms with Gasteiger partial charge in [0.25, 0.3) is 0 Å². The van der Waals surface area contributed by atoms with E-state index in [1.165, 1.54) is 11.8 Å². The predicted molar refractivity (Wildman–Crippen MR) is 74.0 cm³/mol. The first-order valence-corrected chi connectivity index (χ1v) is 6.36. The van der Waals surface area contributed by atoms with Gasteiger partial charge in [-0.25, -0.2) is 9.48 Å². The lowest BCUT2D eigenvalue weighted by atomic mass is 10.1. The second kappa shape index (κ2) is 5.50. The van der Waals surface area contributed by atoms with Gasteiger partial charge in [-0.2, -0.15) is 0 Å². The maximum Gasteiger partial charge on any atom is 0.358 e. The number of hydrogen-bond acceptors (Lipinski definition) is 4. The Kier molecular flexibility index (Phi) is 3.94. The molecular formula is C13H14ClN3O3. The Hall–Kier alpha value is -2.08. The molecule has 0 atom stereocenters. The second-order valence-electron chi connectivity index (χ2n) is 4.51. The summed E-state index contributed by atoms with van der Waals surface area (Å²) >= 11 is 5.99. The highest BCUT2D eigenvalue weighted by Crippen LogP contribution is 2.29. The number of carbonyl (C=O) groups is 1. The van der Waals surface area contributed by atoms with E-state index in [0.717, 1.165) is 0 Å². The molecule has 0 bridgehead atoms. The van der Waals surface area contributed by atoms with Crippen LogP contribution in [0, 0.1) is 0 Å². The molecule has 0 spiro atoms. The number of hydrogen-bond donors (Lipinski definition) is 1. The lowest BCUT2D eigenvalue weighted by Crippen LogP contribution is -2.09. The SMILES string of the molecule is COc1ccc(Cl)cc1-n1nnc(C(=O)O)c1C(C)C. The summed E-state index contributed by atoms with van der Waals surface area (Å²) in [4.78, 5) is 11.2. The topological polar surface area (TPSA) is 77.2 Å². The van der Waals surface area contributed by atoms with Crippen molar-refractivity contribution in [2.45, 2.75) is 19.8 Å². The highest BCUT2D eigenvalue weighted by molar-refractivity contribution is 6.30. The Morgan fingerprint density at radius 3 is 2.70 bits per heavy atom. The molecule has 0 amide bonds. The number of benzene rings is 1. The van der Waals surface area contributed by atoms with Crippen LogP contribution in [-0.2, 0) is 0 Å². The molecule has 0 saturated heterocycles. The third-order valence-corrected chi connectivity index (χ3v) is 3.06. The molecule has 7 heteroatoms. The highest BCUT2D eigenvalue weighted by Gasteiger charge is 2.23. The summed E-state index contributed by atoms with van der Waals surface area (Å²) in [5, 5.41) is 17.3. The van der Waals surface area contributed by atoms with Gasteiger partial charge < -0.3 is 9.84 Å². The van der Waals surface area contributed by atoms with Crippen molar-refractivity contribution in [1.82, 2.24) is 15.0 Å². The standard InChI is InChI=1S/C13H14ClN3O3/c1-7(2)12-11(13(18)19)15-16-17(12)9-6-8(14)4-5-10(9)20-3/h4-7H,1-3H3,(H,18,19). The van der Waals surface area contributed by atoms with Gasteiger partial charge in [-0.15, -0.1) is 5.10 Å². The van der Waals surface area contributed by atoms with Crippen LogP contribution in [0.3, 0.4) is 0 Å². The molecule has 0 radical (unpaired) electrons.